The predicted molar refractivity (Wildman–Crippen MR) is 129 cm³/mol. The van der Waals surface area contributed by atoms with Gasteiger partial charge in [0.2, 0.25) is 15.2 Å². The molecule has 8 nitrogen and oxygen atoms in total. The molecule has 1 aliphatic carbocycles. The van der Waals surface area contributed by atoms with Crippen LogP contribution in [-0.2, 0) is 22.3 Å². The summed E-state index contributed by atoms with van der Waals surface area (Å²) in [6, 6.07) is 15.2. The minimum atomic E-state index is -3.51. The summed E-state index contributed by atoms with van der Waals surface area (Å²) < 4.78 is 30.3. The highest BCUT2D eigenvalue weighted by atomic mass is 32.2. The molecule has 2 aromatic carbocycles. The molecule has 5 rings (SSSR count). The number of thioether (sulfide) groups is 1. The number of benzene rings is 2. The molecule has 0 amide bonds. The van der Waals surface area contributed by atoms with Gasteiger partial charge in [0, 0.05) is 26.6 Å². The molecular weight excluding hydrogens is 456 g/mol. The third kappa shape index (κ3) is 4.18. The smallest absolute Gasteiger partial charge is 0.242 e. The third-order valence-corrected chi connectivity index (χ3v) is 8.42. The minimum absolute atomic E-state index is 0.248. The van der Waals surface area contributed by atoms with E-state index in [0.29, 0.717) is 17.2 Å². The largest absolute Gasteiger partial charge is 0.328 e. The van der Waals surface area contributed by atoms with E-state index in [9.17, 15) is 8.42 Å². The van der Waals surface area contributed by atoms with Gasteiger partial charge in [0.1, 0.15) is 11.6 Å². The molecule has 33 heavy (non-hydrogen) atoms. The summed E-state index contributed by atoms with van der Waals surface area (Å²) >= 11 is 1.55. The van der Waals surface area contributed by atoms with Gasteiger partial charge in [-0.05, 0) is 50.1 Å². The molecule has 10 heteroatoms. The van der Waals surface area contributed by atoms with E-state index in [2.05, 4.69) is 11.5 Å². The van der Waals surface area contributed by atoms with Gasteiger partial charge in [-0.2, -0.15) is 0 Å². The summed E-state index contributed by atoms with van der Waals surface area (Å²) in [5, 5.41) is 5.51. The van der Waals surface area contributed by atoms with Crippen molar-refractivity contribution in [2.24, 2.45) is 0 Å². The van der Waals surface area contributed by atoms with Gasteiger partial charge >= 0.3 is 0 Å². The Kier molecular flexibility index (Phi) is 5.75. The van der Waals surface area contributed by atoms with Crippen molar-refractivity contribution in [1.82, 2.24) is 28.6 Å². The van der Waals surface area contributed by atoms with Gasteiger partial charge in [0.25, 0.3) is 0 Å². The van der Waals surface area contributed by atoms with E-state index < -0.39 is 10.0 Å². The van der Waals surface area contributed by atoms with Crippen LogP contribution in [-0.4, -0.2) is 51.1 Å². The van der Waals surface area contributed by atoms with Crippen LogP contribution in [0, 0.1) is 0 Å². The number of hydrogen-bond donors (Lipinski definition) is 0. The molecule has 2 aromatic heterocycles. The van der Waals surface area contributed by atoms with E-state index in [1.807, 2.05) is 41.1 Å². The predicted octanol–water partition coefficient (Wildman–Crippen LogP) is 4.06. The second-order valence-electron chi connectivity index (χ2n) is 8.27. The first-order valence-electron chi connectivity index (χ1n) is 11.0. The standard InChI is InChI=1S/C23H26N6O2S2/c1-4-28-20-13-12-18(33(30,31)27(2)3)14-19(20)24-21(28)15-32-23-25-22(16-10-11-16)29(26-23)17-8-6-5-7-9-17/h5-9,12-14,16H,4,10-11,15H2,1-3H3. The number of aromatic nitrogens is 5. The quantitative estimate of drug-likeness (QED) is 0.352. The Morgan fingerprint density at radius 3 is 2.52 bits per heavy atom. The molecule has 172 valence electrons. The number of nitrogens with zero attached hydrogens (tertiary/aromatic N) is 6. The van der Waals surface area contributed by atoms with Gasteiger partial charge in [-0.3, -0.25) is 0 Å². The molecular formula is C23H26N6O2S2. The monoisotopic (exact) mass is 482 g/mol. The lowest BCUT2D eigenvalue weighted by Crippen LogP contribution is -2.22. The number of para-hydroxylation sites is 1. The summed E-state index contributed by atoms with van der Waals surface area (Å²) in [5.74, 6) is 2.97. The van der Waals surface area contributed by atoms with Crippen molar-refractivity contribution in [3.63, 3.8) is 0 Å². The maximum Gasteiger partial charge on any atom is 0.242 e. The van der Waals surface area contributed by atoms with Crippen LogP contribution in [0.5, 0.6) is 0 Å². The van der Waals surface area contributed by atoms with Crippen LogP contribution in [0.1, 0.15) is 37.3 Å². The van der Waals surface area contributed by atoms with Crippen LogP contribution < -0.4 is 0 Å². The summed E-state index contributed by atoms with van der Waals surface area (Å²) in [6.45, 7) is 2.80. The van der Waals surface area contributed by atoms with Crippen LogP contribution in [0.3, 0.4) is 0 Å². The first-order valence-corrected chi connectivity index (χ1v) is 13.4. The fraction of sp³-hybridized carbons (Fsp3) is 0.348. The van der Waals surface area contributed by atoms with Gasteiger partial charge in [-0.25, -0.2) is 27.4 Å². The van der Waals surface area contributed by atoms with Crippen LogP contribution in [0.2, 0.25) is 0 Å². The fourth-order valence-electron chi connectivity index (χ4n) is 3.85. The lowest BCUT2D eigenvalue weighted by molar-refractivity contribution is 0.521. The molecule has 0 radical (unpaired) electrons. The Morgan fingerprint density at radius 2 is 1.85 bits per heavy atom. The van der Waals surface area contributed by atoms with Crippen molar-refractivity contribution in [3.05, 3.63) is 60.2 Å². The van der Waals surface area contributed by atoms with Gasteiger partial charge in [-0.1, -0.05) is 30.0 Å². The zero-order chi connectivity index (χ0) is 23.2. The maximum atomic E-state index is 12.5. The van der Waals surface area contributed by atoms with Gasteiger partial charge in [0.05, 0.1) is 27.4 Å². The number of sulfonamides is 1. The Balaban J connectivity index is 1.44. The molecule has 1 fully saturated rings. The summed E-state index contributed by atoms with van der Waals surface area (Å²) in [5.41, 5.74) is 2.62. The average molecular weight is 483 g/mol. The molecule has 0 atom stereocenters. The molecule has 1 aliphatic rings. The van der Waals surface area contributed by atoms with Crippen molar-refractivity contribution >= 4 is 32.8 Å². The van der Waals surface area contributed by atoms with Gasteiger partial charge in [0.15, 0.2) is 0 Å². The first-order chi connectivity index (χ1) is 15.9. The molecule has 4 aromatic rings. The van der Waals surface area contributed by atoms with Crippen LogP contribution >= 0.6 is 11.8 Å². The number of fused-ring (bicyclic) bond motifs is 1. The summed E-state index contributed by atoms with van der Waals surface area (Å²) in [7, 11) is -0.446. The van der Waals surface area contributed by atoms with Crippen molar-refractivity contribution in [2.75, 3.05) is 14.1 Å². The Bertz CT molecular complexity index is 1410. The molecule has 2 heterocycles. The summed E-state index contributed by atoms with van der Waals surface area (Å²) in [6.07, 6.45) is 2.30. The second-order valence-corrected chi connectivity index (χ2v) is 11.4. The van der Waals surface area contributed by atoms with E-state index >= 15 is 0 Å². The number of rotatable bonds is 8. The fourth-order valence-corrected chi connectivity index (χ4v) is 5.55. The van der Waals surface area contributed by atoms with Crippen LogP contribution in [0.4, 0.5) is 0 Å². The number of imidazole rings is 1. The zero-order valence-corrected chi connectivity index (χ0v) is 20.5. The third-order valence-electron chi connectivity index (χ3n) is 5.78. The molecule has 0 aliphatic heterocycles. The lowest BCUT2D eigenvalue weighted by Gasteiger charge is -2.11. The Morgan fingerprint density at radius 1 is 1.09 bits per heavy atom. The maximum absolute atomic E-state index is 12.5. The van der Waals surface area contributed by atoms with E-state index in [1.54, 1.807) is 23.9 Å². The van der Waals surface area contributed by atoms with E-state index in [4.69, 9.17) is 15.1 Å². The topological polar surface area (TPSA) is 85.9 Å². The molecule has 0 saturated heterocycles. The summed E-state index contributed by atoms with van der Waals surface area (Å²) in [4.78, 5) is 9.84. The number of hydrogen-bond acceptors (Lipinski definition) is 6. The zero-order valence-electron chi connectivity index (χ0n) is 18.8. The molecule has 1 saturated carbocycles. The van der Waals surface area contributed by atoms with Crippen molar-refractivity contribution in [3.8, 4) is 5.69 Å². The molecule has 0 spiro atoms. The van der Waals surface area contributed by atoms with Crippen LogP contribution in [0.25, 0.3) is 16.7 Å². The number of aryl methyl sites for hydroxylation is 1. The molecule has 0 bridgehead atoms. The molecule has 0 unspecified atom stereocenters. The van der Waals surface area contributed by atoms with Gasteiger partial charge in [-0.15, -0.1) is 5.10 Å². The Labute approximate surface area is 197 Å². The minimum Gasteiger partial charge on any atom is -0.328 e. The Hall–Kier alpha value is -2.69. The molecule has 0 N–H and O–H groups in total. The van der Waals surface area contributed by atoms with E-state index in [0.717, 1.165) is 47.4 Å². The average Bonchev–Trinajstić information content (AvgIpc) is 3.47. The second kappa shape index (κ2) is 8.58. The van der Waals surface area contributed by atoms with E-state index in [-0.39, 0.29) is 4.90 Å². The normalized spacial score (nSPS) is 14.4. The SMILES string of the molecule is CCn1c(CSc2nc(C3CC3)n(-c3ccccc3)n2)nc2cc(S(=O)(=O)N(C)C)ccc21. The highest BCUT2D eigenvalue weighted by molar-refractivity contribution is 7.98. The highest BCUT2D eigenvalue weighted by Crippen LogP contribution is 2.40. The van der Waals surface area contributed by atoms with E-state index in [1.165, 1.54) is 18.4 Å². The van der Waals surface area contributed by atoms with Crippen molar-refractivity contribution < 1.29 is 8.42 Å². The van der Waals surface area contributed by atoms with Gasteiger partial charge < -0.3 is 4.57 Å². The lowest BCUT2D eigenvalue weighted by atomic mass is 10.3. The first kappa shape index (κ1) is 22.1. The highest BCUT2D eigenvalue weighted by Gasteiger charge is 2.30. The van der Waals surface area contributed by atoms with Crippen molar-refractivity contribution in [1.29, 1.82) is 0 Å². The van der Waals surface area contributed by atoms with Crippen LogP contribution in [0.15, 0.2) is 58.6 Å². The van der Waals surface area contributed by atoms with Crippen molar-refractivity contribution in [2.45, 2.75) is 48.0 Å².